The third-order valence-corrected chi connectivity index (χ3v) is 9.93. The minimum Gasteiger partial charge on any atom is -0.304 e. The summed E-state index contributed by atoms with van der Waals surface area (Å²) in [6, 6.07) is 58.3. The van der Waals surface area contributed by atoms with Gasteiger partial charge in [0.15, 0.2) is 5.84 Å². The van der Waals surface area contributed by atoms with Crippen LogP contribution < -0.4 is 26.3 Å². The number of rotatable bonds is 8. The smallest absolute Gasteiger partial charge is 0.242 e. The van der Waals surface area contributed by atoms with Crippen LogP contribution in [0.2, 0.25) is 0 Å². The zero-order chi connectivity index (χ0) is 35.6. The maximum absolute atomic E-state index is 5.24. The molecule has 0 spiro atoms. The highest BCUT2D eigenvalue weighted by Gasteiger charge is 2.29. The van der Waals surface area contributed by atoms with Gasteiger partial charge in [0.25, 0.3) is 0 Å². The number of aryl methyl sites for hydroxylation is 4. The number of pyridine rings is 1. The minimum atomic E-state index is 0.00399. The van der Waals surface area contributed by atoms with Gasteiger partial charge in [0.1, 0.15) is 6.67 Å². The number of hydrogen-bond acceptors (Lipinski definition) is 4. The number of amidine groups is 1. The third-order valence-electron chi connectivity index (χ3n) is 9.93. The molecule has 252 valence electrons. The Hall–Kier alpha value is -6.20. The molecule has 1 aliphatic heterocycles. The van der Waals surface area contributed by atoms with Crippen LogP contribution in [0.1, 0.15) is 27.8 Å². The van der Waals surface area contributed by atoms with Crippen molar-refractivity contribution in [2.45, 2.75) is 27.7 Å². The molecule has 0 radical (unpaired) electrons. The first-order chi connectivity index (χ1) is 25.4. The highest BCUT2D eigenvalue weighted by molar-refractivity contribution is 6.96. The van der Waals surface area contributed by atoms with Gasteiger partial charge in [0, 0.05) is 16.8 Å². The lowest BCUT2D eigenvalue weighted by molar-refractivity contribution is 0.913. The van der Waals surface area contributed by atoms with Crippen LogP contribution in [-0.4, -0.2) is 24.2 Å². The molecule has 1 aromatic heterocycles. The molecule has 52 heavy (non-hydrogen) atoms. The largest absolute Gasteiger partial charge is 0.304 e. The van der Waals surface area contributed by atoms with Gasteiger partial charge in [0.05, 0.1) is 17.1 Å². The van der Waals surface area contributed by atoms with Gasteiger partial charge < -0.3 is 4.90 Å². The molecule has 6 aromatic carbocycles. The topological polar surface area (TPSA) is 31.7 Å². The Kier molecular flexibility index (Phi) is 9.01. The summed E-state index contributed by atoms with van der Waals surface area (Å²) in [6.07, 6.45) is 0. The number of hydrogen-bond donors (Lipinski definition) is 0. The quantitative estimate of drug-likeness (QED) is 0.151. The Morgan fingerprint density at radius 3 is 1.67 bits per heavy atom. The summed E-state index contributed by atoms with van der Waals surface area (Å²) in [5, 5.41) is 7.37. The van der Waals surface area contributed by atoms with Crippen LogP contribution in [0.3, 0.4) is 0 Å². The maximum Gasteiger partial charge on any atom is 0.242 e. The predicted molar refractivity (Wildman–Crippen MR) is 221 cm³/mol. The molecule has 0 N–H and O–H groups in total. The number of para-hydroxylation sites is 1. The molecule has 0 amide bonds. The van der Waals surface area contributed by atoms with Gasteiger partial charge >= 0.3 is 0 Å². The fraction of sp³-hybridized carbons (Fsp3) is 0.106. The van der Waals surface area contributed by atoms with Crippen LogP contribution in [0.5, 0.6) is 0 Å². The molecular weight excluding hydrogens is 631 g/mol. The van der Waals surface area contributed by atoms with Crippen molar-refractivity contribution in [2.24, 2.45) is 5.10 Å². The van der Waals surface area contributed by atoms with E-state index in [0.717, 1.165) is 45.3 Å². The van der Waals surface area contributed by atoms with E-state index < -0.39 is 0 Å². The second-order valence-electron chi connectivity index (χ2n) is 13.8. The van der Waals surface area contributed by atoms with Crippen molar-refractivity contribution in [1.82, 2.24) is 4.98 Å². The first-order valence-electron chi connectivity index (χ1n) is 18.0. The van der Waals surface area contributed by atoms with Crippen molar-refractivity contribution in [3.05, 3.63) is 192 Å². The Morgan fingerprint density at radius 1 is 0.481 bits per heavy atom. The van der Waals surface area contributed by atoms with E-state index in [2.05, 4.69) is 195 Å². The molecule has 2 heterocycles. The number of benzene rings is 6. The monoisotopic (exact) mass is 672 g/mol. The average Bonchev–Trinajstić information content (AvgIpc) is 3.63. The van der Waals surface area contributed by atoms with Crippen molar-refractivity contribution in [1.29, 1.82) is 0 Å². The summed E-state index contributed by atoms with van der Waals surface area (Å²) in [5.74, 6) is 0.937. The Labute approximate surface area is 307 Å². The lowest BCUT2D eigenvalue weighted by Gasteiger charge is -2.24. The number of hydrazone groups is 1. The van der Waals surface area contributed by atoms with E-state index in [-0.39, 0.29) is 6.71 Å². The molecule has 0 saturated carbocycles. The van der Waals surface area contributed by atoms with Crippen LogP contribution in [-0.2, 0) is 0 Å². The van der Waals surface area contributed by atoms with E-state index in [1.807, 2.05) is 6.07 Å². The zero-order valence-corrected chi connectivity index (χ0v) is 30.2. The lowest BCUT2D eigenvalue weighted by atomic mass is 9.35. The number of anilines is 2. The van der Waals surface area contributed by atoms with Crippen molar-refractivity contribution in [2.75, 3.05) is 16.6 Å². The molecule has 0 bridgehead atoms. The van der Waals surface area contributed by atoms with E-state index in [1.54, 1.807) is 0 Å². The molecule has 5 heteroatoms. The molecule has 1 aliphatic rings. The molecule has 8 rings (SSSR count). The van der Waals surface area contributed by atoms with Crippen LogP contribution in [0.15, 0.2) is 169 Å². The summed E-state index contributed by atoms with van der Waals surface area (Å²) in [7, 11) is 0. The van der Waals surface area contributed by atoms with E-state index in [9.17, 15) is 0 Å². The second kappa shape index (κ2) is 14.2. The lowest BCUT2D eigenvalue weighted by Crippen LogP contribution is -2.54. The van der Waals surface area contributed by atoms with Gasteiger partial charge in [-0.1, -0.05) is 160 Å². The summed E-state index contributed by atoms with van der Waals surface area (Å²) < 4.78 is 0. The van der Waals surface area contributed by atoms with Crippen LogP contribution in [0, 0.1) is 27.7 Å². The second-order valence-corrected chi connectivity index (χ2v) is 13.8. The van der Waals surface area contributed by atoms with Gasteiger partial charge in [-0.05, 0) is 75.2 Å². The van der Waals surface area contributed by atoms with Gasteiger partial charge in [-0.3, -0.25) is 0 Å². The van der Waals surface area contributed by atoms with Crippen LogP contribution in [0.4, 0.5) is 11.4 Å². The molecule has 0 fully saturated rings. The molecule has 0 atom stereocenters. The van der Waals surface area contributed by atoms with Crippen molar-refractivity contribution < 1.29 is 0 Å². The highest BCUT2D eigenvalue weighted by Crippen LogP contribution is 2.28. The summed E-state index contributed by atoms with van der Waals surface area (Å²) in [5.41, 5.74) is 16.3. The number of nitrogens with zero attached hydrogens (tertiary/aromatic N) is 4. The van der Waals surface area contributed by atoms with E-state index >= 15 is 0 Å². The zero-order valence-electron chi connectivity index (χ0n) is 30.2. The van der Waals surface area contributed by atoms with Crippen molar-refractivity contribution in [3.63, 3.8) is 0 Å². The van der Waals surface area contributed by atoms with Gasteiger partial charge in [-0.25, -0.2) is 9.99 Å². The standard InChI is InChI=1S/C47H41BN4/c1-33-26-35(3)46(36(4)27-33)48(40-21-14-20-39(30-40)45-29-34(2)28-44(49-45)37-16-8-5-9-17-37)41-22-15-25-43(31-41)52-32-51(42-23-12-7-13-24-42)47(50-52)38-18-10-6-11-19-38/h5-31H,32H2,1-4H3. The Bertz CT molecular complexity index is 2370. The molecule has 0 saturated heterocycles. The van der Waals surface area contributed by atoms with Crippen LogP contribution >= 0.6 is 0 Å². The summed E-state index contributed by atoms with van der Waals surface area (Å²) in [6.45, 7) is 9.45. The fourth-order valence-corrected chi connectivity index (χ4v) is 7.64. The molecule has 0 aliphatic carbocycles. The fourth-order valence-electron chi connectivity index (χ4n) is 7.64. The molecule has 7 aromatic rings. The van der Waals surface area contributed by atoms with Gasteiger partial charge in [-0.2, -0.15) is 5.10 Å². The van der Waals surface area contributed by atoms with Gasteiger partial charge in [0.2, 0.25) is 6.71 Å². The van der Waals surface area contributed by atoms with Crippen molar-refractivity contribution >= 4 is 40.3 Å². The molecule has 4 nitrogen and oxygen atoms in total. The normalized spacial score (nSPS) is 12.6. The van der Waals surface area contributed by atoms with Crippen LogP contribution in [0.25, 0.3) is 22.5 Å². The SMILES string of the molecule is Cc1cc(-c2ccccc2)nc(-c2cccc(B(c3cccc(N4CN(c5ccccc5)C(c5ccccc5)=N4)c3)c3c(C)cc(C)cc3C)c2)c1. The van der Waals surface area contributed by atoms with Gasteiger partial charge in [-0.15, -0.1) is 0 Å². The Morgan fingerprint density at radius 2 is 1.00 bits per heavy atom. The molecular formula is C47H41BN4. The molecule has 0 unspecified atom stereocenters. The van der Waals surface area contributed by atoms with E-state index in [0.29, 0.717) is 6.67 Å². The van der Waals surface area contributed by atoms with E-state index in [4.69, 9.17) is 10.1 Å². The highest BCUT2D eigenvalue weighted by atomic mass is 15.6. The first kappa shape index (κ1) is 33.0. The summed E-state index contributed by atoms with van der Waals surface area (Å²) >= 11 is 0. The average molecular weight is 673 g/mol. The third kappa shape index (κ3) is 6.66. The predicted octanol–water partition coefficient (Wildman–Crippen LogP) is 8.81. The first-order valence-corrected chi connectivity index (χ1v) is 18.0. The summed E-state index contributed by atoms with van der Waals surface area (Å²) in [4.78, 5) is 7.46. The minimum absolute atomic E-state index is 0.00399. The van der Waals surface area contributed by atoms with E-state index in [1.165, 1.54) is 38.6 Å². The van der Waals surface area contributed by atoms with Crippen molar-refractivity contribution in [3.8, 4) is 22.5 Å². The maximum atomic E-state index is 5.24. The Balaban J connectivity index is 1.23. The number of aromatic nitrogens is 1.